The van der Waals surface area contributed by atoms with Crippen molar-refractivity contribution in [2.45, 2.75) is 33.1 Å². The van der Waals surface area contributed by atoms with Crippen LogP contribution in [0.5, 0.6) is 5.75 Å². The summed E-state index contributed by atoms with van der Waals surface area (Å²) in [5.41, 5.74) is -0.876. The number of carbonyl (C=O) groups is 3. The van der Waals surface area contributed by atoms with Gasteiger partial charge in [0.05, 0.1) is 17.1 Å². The van der Waals surface area contributed by atoms with E-state index in [1.807, 2.05) is 0 Å². The van der Waals surface area contributed by atoms with Crippen molar-refractivity contribution in [3.63, 3.8) is 0 Å². The number of ether oxygens (including phenoxy) is 2. The molecule has 1 aliphatic heterocycles. The van der Waals surface area contributed by atoms with E-state index in [1.165, 1.54) is 17.8 Å². The smallest absolute Gasteiger partial charge is 0.534 e. The van der Waals surface area contributed by atoms with E-state index in [9.17, 15) is 23.8 Å². The first kappa shape index (κ1) is 23.0. The van der Waals surface area contributed by atoms with Gasteiger partial charge in [0, 0.05) is 0 Å². The average molecular weight is 427 g/mol. The first-order valence-corrected chi connectivity index (χ1v) is 10.2. The highest BCUT2D eigenvalue weighted by Crippen LogP contribution is 2.32. The SMILES string of the molecule is CSCC(=O)NC1Cc2ccc(F)c(C(=O)OCOC(=O)C(C)(C)C)c2OB1O. The Balaban J connectivity index is 2.12. The average Bonchev–Trinajstić information content (AvgIpc) is 2.61. The lowest BCUT2D eigenvalue weighted by Crippen LogP contribution is -2.53. The number of hydrogen-bond acceptors (Lipinski definition) is 8. The molecule has 0 radical (unpaired) electrons. The molecule has 0 fully saturated rings. The second-order valence-electron chi connectivity index (χ2n) is 7.46. The molecule has 1 amide bonds. The standard InChI is InChI=1S/C18H23BFNO7S/c1-18(2,3)17(24)27-9-26-16(23)14-11(20)6-5-10-7-12(19(25)28-15(10)14)21-13(22)8-29-4/h5-6,12,25H,7-9H2,1-4H3,(H,21,22). The topological polar surface area (TPSA) is 111 Å². The van der Waals surface area contributed by atoms with Crippen LogP contribution < -0.4 is 9.97 Å². The number of hydrogen-bond donors (Lipinski definition) is 2. The van der Waals surface area contributed by atoms with Crippen LogP contribution in [0.15, 0.2) is 12.1 Å². The fourth-order valence-corrected chi connectivity index (χ4v) is 2.90. The third-order valence-electron chi connectivity index (χ3n) is 4.03. The van der Waals surface area contributed by atoms with Crippen molar-refractivity contribution in [2.75, 3.05) is 18.8 Å². The van der Waals surface area contributed by atoms with Gasteiger partial charge in [0.15, 0.2) is 0 Å². The maximum atomic E-state index is 14.3. The molecule has 0 aliphatic carbocycles. The maximum absolute atomic E-state index is 14.3. The van der Waals surface area contributed by atoms with Crippen LogP contribution in [0, 0.1) is 11.2 Å². The van der Waals surface area contributed by atoms with Gasteiger partial charge in [0.2, 0.25) is 12.7 Å². The van der Waals surface area contributed by atoms with Gasteiger partial charge in [-0.25, -0.2) is 9.18 Å². The summed E-state index contributed by atoms with van der Waals surface area (Å²) < 4.78 is 29.3. The fraction of sp³-hybridized carbons (Fsp3) is 0.500. The summed E-state index contributed by atoms with van der Waals surface area (Å²) in [5, 5.41) is 12.8. The molecule has 1 heterocycles. The molecule has 1 atom stereocenters. The van der Waals surface area contributed by atoms with Gasteiger partial charge in [0.1, 0.15) is 17.1 Å². The predicted molar refractivity (Wildman–Crippen MR) is 105 cm³/mol. The number of rotatable bonds is 6. The van der Waals surface area contributed by atoms with E-state index in [-0.39, 0.29) is 23.8 Å². The Kier molecular flexibility index (Phi) is 7.53. The predicted octanol–water partition coefficient (Wildman–Crippen LogP) is 1.33. The Morgan fingerprint density at radius 1 is 1.34 bits per heavy atom. The van der Waals surface area contributed by atoms with Gasteiger partial charge in [-0.3, -0.25) is 9.59 Å². The fourth-order valence-electron chi connectivity index (χ4n) is 2.56. The molecule has 29 heavy (non-hydrogen) atoms. The lowest BCUT2D eigenvalue weighted by molar-refractivity contribution is -0.161. The van der Waals surface area contributed by atoms with E-state index in [1.54, 1.807) is 27.0 Å². The van der Waals surface area contributed by atoms with Crippen LogP contribution in [0.2, 0.25) is 0 Å². The molecule has 0 spiro atoms. The highest BCUT2D eigenvalue weighted by Gasteiger charge is 2.39. The Morgan fingerprint density at radius 2 is 2.03 bits per heavy atom. The molecule has 0 bridgehead atoms. The number of thioether (sulfide) groups is 1. The molecule has 1 aliphatic rings. The lowest BCUT2D eigenvalue weighted by atomic mass is 9.72. The van der Waals surface area contributed by atoms with Crippen molar-refractivity contribution in [2.24, 2.45) is 5.41 Å². The summed E-state index contributed by atoms with van der Waals surface area (Å²) in [6, 6.07) is 2.47. The van der Waals surface area contributed by atoms with Crippen LogP contribution in [0.3, 0.4) is 0 Å². The molecule has 11 heteroatoms. The zero-order valence-corrected chi connectivity index (χ0v) is 17.4. The largest absolute Gasteiger partial charge is 0.547 e. The van der Waals surface area contributed by atoms with Crippen LogP contribution in [0.25, 0.3) is 0 Å². The third-order valence-corrected chi connectivity index (χ3v) is 4.58. The molecule has 2 rings (SSSR count). The molecule has 1 aromatic rings. The van der Waals surface area contributed by atoms with Crippen LogP contribution in [0.4, 0.5) is 4.39 Å². The van der Waals surface area contributed by atoms with Crippen LogP contribution in [-0.4, -0.2) is 54.7 Å². The molecule has 8 nitrogen and oxygen atoms in total. The van der Waals surface area contributed by atoms with E-state index in [2.05, 4.69) is 5.32 Å². The molecule has 1 unspecified atom stereocenters. The number of nitrogens with one attached hydrogen (secondary N) is 1. The van der Waals surface area contributed by atoms with Gasteiger partial charge in [-0.2, -0.15) is 11.8 Å². The second-order valence-corrected chi connectivity index (χ2v) is 8.33. The van der Waals surface area contributed by atoms with Gasteiger partial charge >= 0.3 is 19.1 Å². The summed E-state index contributed by atoms with van der Waals surface area (Å²) in [7, 11) is -1.47. The van der Waals surface area contributed by atoms with E-state index >= 15 is 0 Å². The molecular formula is C18H23BFNO7S. The summed E-state index contributed by atoms with van der Waals surface area (Å²) >= 11 is 1.32. The van der Waals surface area contributed by atoms with Gasteiger partial charge in [-0.05, 0) is 45.1 Å². The van der Waals surface area contributed by atoms with Crippen LogP contribution in [-0.2, 0) is 25.5 Å². The normalized spacial score (nSPS) is 15.8. The highest BCUT2D eigenvalue weighted by molar-refractivity contribution is 7.99. The Labute approximate surface area is 172 Å². The molecule has 0 saturated carbocycles. The lowest BCUT2D eigenvalue weighted by Gasteiger charge is -2.29. The van der Waals surface area contributed by atoms with Gasteiger partial charge in [-0.1, -0.05) is 6.07 Å². The first-order chi connectivity index (χ1) is 13.5. The molecule has 0 saturated heterocycles. The molecular weight excluding hydrogens is 404 g/mol. The zero-order chi connectivity index (χ0) is 21.8. The summed E-state index contributed by atoms with van der Waals surface area (Å²) in [6.45, 7) is 4.21. The number of halogens is 1. The summed E-state index contributed by atoms with van der Waals surface area (Å²) in [6.07, 6.45) is 1.90. The van der Waals surface area contributed by atoms with Gasteiger partial charge < -0.3 is 24.5 Å². The minimum Gasteiger partial charge on any atom is -0.534 e. The Hall–Kier alpha value is -2.27. The van der Waals surface area contributed by atoms with E-state index in [4.69, 9.17) is 14.1 Å². The summed E-state index contributed by atoms with van der Waals surface area (Å²) in [4.78, 5) is 35.8. The van der Waals surface area contributed by atoms with E-state index in [0.29, 0.717) is 5.56 Å². The van der Waals surface area contributed by atoms with Crippen molar-refractivity contribution in [3.8, 4) is 5.75 Å². The molecule has 0 aromatic heterocycles. The number of amides is 1. The van der Waals surface area contributed by atoms with Gasteiger partial charge in [0.25, 0.3) is 0 Å². The Bertz CT molecular complexity index is 799. The molecule has 1 aromatic carbocycles. The van der Waals surface area contributed by atoms with E-state index < -0.39 is 48.6 Å². The number of esters is 2. The number of benzene rings is 1. The quantitative estimate of drug-likeness (QED) is 0.398. The minimum absolute atomic E-state index is 0.135. The van der Waals surface area contributed by atoms with Crippen LogP contribution >= 0.6 is 11.8 Å². The third kappa shape index (κ3) is 5.86. The number of carbonyl (C=O) groups excluding carboxylic acids is 3. The van der Waals surface area contributed by atoms with E-state index in [0.717, 1.165) is 6.07 Å². The second kappa shape index (κ2) is 9.49. The zero-order valence-electron chi connectivity index (χ0n) is 16.6. The van der Waals surface area contributed by atoms with Crippen molar-refractivity contribution in [1.82, 2.24) is 5.32 Å². The van der Waals surface area contributed by atoms with Crippen molar-refractivity contribution in [1.29, 1.82) is 0 Å². The van der Waals surface area contributed by atoms with Crippen molar-refractivity contribution >= 4 is 36.7 Å². The monoisotopic (exact) mass is 427 g/mol. The first-order valence-electron chi connectivity index (χ1n) is 8.83. The number of fused-ring (bicyclic) bond motifs is 1. The van der Waals surface area contributed by atoms with Crippen molar-refractivity contribution in [3.05, 3.63) is 29.1 Å². The maximum Gasteiger partial charge on any atom is 0.547 e. The van der Waals surface area contributed by atoms with Crippen molar-refractivity contribution < 1.29 is 37.9 Å². The highest BCUT2D eigenvalue weighted by atomic mass is 32.2. The summed E-state index contributed by atoms with van der Waals surface area (Å²) in [5.74, 6) is -3.58. The Morgan fingerprint density at radius 3 is 2.66 bits per heavy atom. The minimum atomic E-state index is -1.47. The molecule has 158 valence electrons. The van der Waals surface area contributed by atoms with Crippen LogP contribution in [0.1, 0.15) is 36.7 Å². The molecule has 2 N–H and O–H groups in total. The van der Waals surface area contributed by atoms with Gasteiger partial charge in [-0.15, -0.1) is 0 Å².